The third-order valence-corrected chi connectivity index (χ3v) is 7.31. The molecular formula is C25H20F4N4O6S. The van der Waals surface area contributed by atoms with Crippen LogP contribution in [0.1, 0.15) is 28.8 Å². The third kappa shape index (κ3) is 5.62. The highest BCUT2D eigenvalue weighted by atomic mass is 32.2. The Labute approximate surface area is 225 Å². The number of aromatic nitrogens is 1. The summed E-state index contributed by atoms with van der Waals surface area (Å²) < 4.78 is 81.6. The number of carbonyl (C=O) groups is 2. The van der Waals surface area contributed by atoms with Crippen molar-refractivity contribution in [2.24, 2.45) is 0 Å². The minimum atomic E-state index is -6.20. The monoisotopic (exact) mass is 580 g/mol. The number of pyridine rings is 1. The first-order chi connectivity index (χ1) is 18.7. The van der Waals surface area contributed by atoms with Crippen LogP contribution in [0.2, 0.25) is 0 Å². The number of alkyl halides is 3. The van der Waals surface area contributed by atoms with Gasteiger partial charge >= 0.3 is 21.7 Å². The molecule has 1 N–H and O–H groups in total. The van der Waals surface area contributed by atoms with E-state index in [-0.39, 0.29) is 40.7 Å². The van der Waals surface area contributed by atoms with Crippen LogP contribution in [0, 0.1) is 17.1 Å². The Bertz CT molecular complexity index is 1660. The summed E-state index contributed by atoms with van der Waals surface area (Å²) in [7, 11) is -4.92. The number of halogens is 4. The van der Waals surface area contributed by atoms with Gasteiger partial charge in [0.05, 0.1) is 35.0 Å². The number of nitrogens with zero attached hydrogens (tertiary/aromatic N) is 4. The lowest BCUT2D eigenvalue weighted by Crippen LogP contribution is -2.43. The van der Waals surface area contributed by atoms with E-state index < -0.39 is 50.8 Å². The SMILES string of the molecule is CN(C[C@@H]1CCCN1C(=O)O)C(=O)c1c(OS(=O)(=O)C(F)(F)F)cnc2ccc(-c3cc(F)cc(C#N)c3)cc12. The molecule has 0 unspecified atom stereocenters. The van der Waals surface area contributed by atoms with Gasteiger partial charge in [0.1, 0.15) is 5.82 Å². The van der Waals surface area contributed by atoms with Crippen LogP contribution in [-0.4, -0.2) is 72.0 Å². The molecule has 15 heteroatoms. The van der Waals surface area contributed by atoms with E-state index in [0.717, 1.165) is 21.9 Å². The van der Waals surface area contributed by atoms with Gasteiger partial charge in [0, 0.05) is 25.5 Å². The van der Waals surface area contributed by atoms with Gasteiger partial charge in [-0.25, -0.2) is 9.18 Å². The number of carbonyl (C=O) groups excluding carboxylic acids is 1. The quantitative estimate of drug-likeness (QED) is 0.258. The lowest BCUT2D eigenvalue weighted by atomic mass is 9.98. The van der Waals surface area contributed by atoms with Crippen molar-refractivity contribution in [2.45, 2.75) is 24.4 Å². The number of likely N-dealkylation sites (N-methyl/N-ethyl adjacent to an activating group) is 1. The Morgan fingerprint density at radius 3 is 2.60 bits per heavy atom. The number of nitriles is 1. The third-order valence-electron chi connectivity index (χ3n) is 6.34. The molecule has 2 heterocycles. The minimum Gasteiger partial charge on any atom is -0.465 e. The minimum absolute atomic E-state index is 0.0165. The first-order valence-corrected chi connectivity index (χ1v) is 13.0. The van der Waals surface area contributed by atoms with Crippen molar-refractivity contribution < 1.29 is 44.9 Å². The van der Waals surface area contributed by atoms with E-state index in [9.17, 15) is 45.9 Å². The van der Waals surface area contributed by atoms with E-state index in [4.69, 9.17) is 0 Å². The summed E-state index contributed by atoms with van der Waals surface area (Å²) in [5.41, 5.74) is -5.90. The lowest BCUT2D eigenvalue weighted by Gasteiger charge is -2.27. The molecule has 0 radical (unpaired) electrons. The molecule has 1 saturated heterocycles. The highest BCUT2D eigenvalue weighted by molar-refractivity contribution is 7.88. The number of hydrogen-bond acceptors (Lipinski definition) is 7. The Morgan fingerprint density at radius 2 is 1.95 bits per heavy atom. The maximum absolute atomic E-state index is 14.1. The van der Waals surface area contributed by atoms with Gasteiger partial charge in [0.25, 0.3) is 5.91 Å². The molecule has 2 aromatic carbocycles. The number of hydrogen-bond donors (Lipinski definition) is 1. The van der Waals surface area contributed by atoms with E-state index in [1.807, 2.05) is 0 Å². The van der Waals surface area contributed by atoms with Gasteiger partial charge in [-0.3, -0.25) is 9.78 Å². The zero-order valence-corrected chi connectivity index (χ0v) is 21.5. The van der Waals surface area contributed by atoms with Gasteiger partial charge in [-0.05, 0) is 54.3 Å². The number of likely N-dealkylation sites (tertiary alicyclic amines) is 1. The van der Waals surface area contributed by atoms with Crippen LogP contribution >= 0.6 is 0 Å². The predicted octanol–water partition coefficient (Wildman–Crippen LogP) is 4.36. The maximum atomic E-state index is 14.1. The van der Waals surface area contributed by atoms with Crippen LogP contribution in [-0.2, 0) is 10.1 Å². The second kappa shape index (κ2) is 10.6. The molecule has 0 bridgehead atoms. The Balaban J connectivity index is 1.86. The van der Waals surface area contributed by atoms with Gasteiger partial charge < -0.3 is 19.1 Å². The van der Waals surface area contributed by atoms with Crippen LogP contribution in [0.15, 0.2) is 42.6 Å². The molecule has 1 atom stereocenters. The molecule has 0 saturated carbocycles. The summed E-state index contributed by atoms with van der Waals surface area (Å²) in [5.74, 6) is -2.71. The van der Waals surface area contributed by atoms with E-state index in [0.29, 0.717) is 19.0 Å². The summed E-state index contributed by atoms with van der Waals surface area (Å²) in [4.78, 5) is 31.3. The smallest absolute Gasteiger partial charge is 0.465 e. The molecule has 0 aliphatic carbocycles. The Hall–Kier alpha value is -4.45. The van der Waals surface area contributed by atoms with E-state index >= 15 is 0 Å². The van der Waals surface area contributed by atoms with E-state index in [2.05, 4.69) is 9.17 Å². The van der Waals surface area contributed by atoms with E-state index in [1.54, 1.807) is 6.07 Å². The van der Waals surface area contributed by atoms with Crippen molar-refractivity contribution in [3.05, 3.63) is 59.5 Å². The number of benzene rings is 2. The lowest BCUT2D eigenvalue weighted by molar-refractivity contribution is -0.0500. The zero-order valence-electron chi connectivity index (χ0n) is 20.6. The fraction of sp³-hybridized carbons (Fsp3) is 0.280. The summed E-state index contributed by atoms with van der Waals surface area (Å²) in [6, 6.07) is 8.77. The molecule has 1 aliphatic rings. The number of fused-ring (bicyclic) bond motifs is 1. The van der Waals surface area contributed by atoms with Crippen molar-refractivity contribution in [3.8, 4) is 22.9 Å². The maximum Gasteiger partial charge on any atom is 0.534 e. The van der Waals surface area contributed by atoms with Gasteiger partial charge in [-0.1, -0.05) is 6.07 Å². The van der Waals surface area contributed by atoms with Gasteiger partial charge in [0.2, 0.25) is 0 Å². The zero-order chi connectivity index (χ0) is 29.4. The van der Waals surface area contributed by atoms with Crippen molar-refractivity contribution in [2.75, 3.05) is 20.1 Å². The van der Waals surface area contributed by atoms with Crippen molar-refractivity contribution in [3.63, 3.8) is 0 Å². The van der Waals surface area contributed by atoms with Crippen molar-refractivity contribution in [1.82, 2.24) is 14.8 Å². The summed E-state index contributed by atoms with van der Waals surface area (Å²) >= 11 is 0. The highest BCUT2D eigenvalue weighted by Crippen LogP contribution is 2.35. The standard InChI is InChI=1S/C25H20F4N4O6S/c1-32(13-18-3-2-6-33(18)24(35)36)23(34)22-19-10-15(16-7-14(11-30)8-17(26)9-16)4-5-20(19)31-12-21(22)39-40(37,38)25(27,28)29/h4-5,7-10,12,18H,2-3,6,13H2,1H3,(H,35,36)/t18-/m0/s1. The molecular weight excluding hydrogens is 560 g/mol. The van der Waals surface area contributed by atoms with Gasteiger partial charge in [-0.2, -0.15) is 26.9 Å². The summed E-state index contributed by atoms with van der Waals surface area (Å²) in [5, 5.41) is 18.5. The van der Waals surface area contributed by atoms with Crippen LogP contribution in [0.5, 0.6) is 5.75 Å². The molecule has 40 heavy (non-hydrogen) atoms. The molecule has 2 amide bonds. The Morgan fingerprint density at radius 1 is 1.23 bits per heavy atom. The summed E-state index contributed by atoms with van der Waals surface area (Å²) in [6.07, 6.45) is 0.436. The van der Waals surface area contributed by atoms with Crippen LogP contribution in [0.4, 0.5) is 22.4 Å². The summed E-state index contributed by atoms with van der Waals surface area (Å²) in [6.45, 7) is 0.0929. The van der Waals surface area contributed by atoms with Gasteiger partial charge in [0.15, 0.2) is 5.75 Å². The number of rotatable bonds is 6. The van der Waals surface area contributed by atoms with Gasteiger partial charge in [-0.15, -0.1) is 0 Å². The van der Waals surface area contributed by atoms with Crippen LogP contribution in [0.25, 0.3) is 22.0 Å². The highest BCUT2D eigenvalue weighted by Gasteiger charge is 2.49. The Kier molecular flexibility index (Phi) is 7.57. The molecule has 10 nitrogen and oxygen atoms in total. The second-order valence-corrected chi connectivity index (χ2v) is 10.5. The molecule has 0 spiro atoms. The molecule has 3 aromatic rings. The molecule has 1 aromatic heterocycles. The average molecular weight is 581 g/mol. The first-order valence-electron chi connectivity index (χ1n) is 11.6. The molecule has 1 aliphatic heterocycles. The van der Waals surface area contributed by atoms with Crippen molar-refractivity contribution >= 4 is 33.0 Å². The largest absolute Gasteiger partial charge is 0.534 e. The normalized spacial score (nSPS) is 15.6. The second-order valence-electron chi connectivity index (χ2n) is 9.01. The molecule has 210 valence electrons. The fourth-order valence-electron chi connectivity index (χ4n) is 4.49. The number of carboxylic acid groups (broad SMARTS) is 1. The predicted molar refractivity (Wildman–Crippen MR) is 132 cm³/mol. The van der Waals surface area contributed by atoms with Crippen LogP contribution < -0.4 is 4.18 Å². The molecule has 1 fully saturated rings. The first kappa shape index (κ1) is 28.6. The van der Waals surface area contributed by atoms with E-state index in [1.165, 1.54) is 31.3 Å². The van der Waals surface area contributed by atoms with Crippen molar-refractivity contribution in [1.29, 1.82) is 5.26 Å². The molecule has 4 rings (SSSR count). The fourth-order valence-corrected chi connectivity index (χ4v) is 4.95. The van der Waals surface area contributed by atoms with Crippen LogP contribution in [0.3, 0.4) is 0 Å². The topological polar surface area (TPSA) is 141 Å². The number of amides is 2. The average Bonchev–Trinajstić information content (AvgIpc) is 3.35.